The Morgan fingerprint density at radius 1 is 1.24 bits per heavy atom. The van der Waals surface area contributed by atoms with E-state index in [4.69, 9.17) is 14.2 Å². The second-order valence-electron chi connectivity index (χ2n) is 5.59. The van der Waals surface area contributed by atoms with Crippen LogP contribution in [0.15, 0.2) is 48.5 Å². The first kappa shape index (κ1) is 17.0. The topological polar surface area (TPSA) is 82.1 Å². The summed E-state index contributed by atoms with van der Waals surface area (Å²) < 4.78 is 15.7. The molecule has 3 rings (SSSR count). The predicted molar refractivity (Wildman–Crippen MR) is 88.7 cm³/mol. The minimum Gasteiger partial charge on any atom is -0.497 e. The number of carbonyl (C=O) groups is 2. The van der Waals surface area contributed by atoms with Crippen molar-refractivity contribution in [2.24, 2.45) is 0 Å². The van der Waals surface area contributed by atoms with Gasteiger partial charge in [0, 0.05) is 6.07 Å². The smallest absolute Gasteiger partial charge is 0.380 e. The molecule has 6 heteroatoms. The van der Waals surface area contributed by atoms with Gasteiger partial charge in [0.15, 0.2) is 5.78 Å². The highest BCUT2D eigenvalue weighted by molar-refractivity contribution is 6.08. The Hall–Kier alpha value is -2.86. The van der Waals surface area contributed by atoms with Gasteiger partial charge in [-0.1, -0.05) is 30.3 Å². The minimum atomic E-state index is -2.45. The Morgan fingerprint density at radius 2 is 1.96 bits per heavy atom. The summed E-state index contributed by atoms with van der Waals surface area (Å²) in [7, 11) is 1.47. The molecule has 0 amide bonds. The van der Waals surface area contributed by atoms with Crippen LogP contribution in [0.1, 0.15) is 28.8 Å². The van der Waals surface area contributed by atoms with Gasteiger partial charge in [-0.2, -0.15) is 0 Å². The Balaban J connectivity index is 2.16. The van der Waals surface area contributed by atoms with Crippen LogP contribution in [-0.4, -0.2) is 36.4 Å². The molecule has 1 aliphatic rings. The van der Waals surface area contributed by atoms with Crippen molar-refractivity contribution < 1.29 is 28.9 Å². The van der Waals surface area contributed by atoms with Crippen molar-refractivity contribution in [2.45, 2.75) is 18.6 Å². The highest BCUT2D eigenvalue weighted by atomic mass is 16.7. The Kier molecular flexibility index (Phi) is 4.46. The van der Waals surface area contributed by atoms with Crippen molar-refractivity contribution in [1.82, 2.24) is 0 Å². The maximum atomic E-state index is 13.1. The molecule has 0 fully saturated rings. The molecule has 0 radical (unpaired) electrons. The van der Waals surface area contributed by atoms with Crippen LogP contribution in [0.5, 0.6) is 11.5 Å². The van der Waals surface area contributed by atoms with Crippen LogP contribution in [0.25, 0.3) is 0 Å². The average molecular weight is 342 g/mol. The quantitative estimate of drug-likeness (QED) is 0.859. The van der Waals surface area contributed by atoms with Crippen molar-refractivity contribution in [3.8, 4) is 11.5 Å². The molecule has 1 N–H and O–H groups in total. The molecule has 0 saturated carbocycles. The maximum Gasteiger partial charge on any atom is 0.380 e. The number of hydrogen-bond acceptors (Lipinski definition) is 6. The summed E-state index contributed by atoms with van der Waals surface area (Å²) in [5, 5.41) is 11.0. The lowest BCUT2D eigenvalue weighted by Crippen LogP contribution is -2.55. The third-order valence-electron chi connectivity index (χ3n) is 4.07. The van der Waals surface area contributed by atoms with E-state index < -0.39 is 23.5 Å². The van der Waals surface area contributed by atoms with Gasteiger partial charge in [0.25, 0.3) is 0 Å². The van der Waals surface area contributed by atoms with Gasteiger partial charge >= 0.3 is 11.8 Å². The molecule has 0 saturated heterocycles. The molecule has 1 heterocycles. The number of methoxy groups -OCH3 is 1. The number of Topliss-reactive ketones (excluding diaryl/α,β-unsaturated/α-hetero) is 1. The zero-order chi connectivity index (χ0) is 18.0. The number of rotatable bonds is 4. The summed E-state index contributed by atoms with van der Waals surface area (Å²) in [6.45, 7) is 1.66. The first-order valence-corrected chi connectivity index (χ1v) is 7.87. The highest BCUT2D eigenvalue weighted by Gasteiger charge is 2.56. The summed E-state index contributed by atoms with van der Waals surface area (Å²) in [5.74, 6) is -4.60. The van der Waals surface area contributed by atoms with Gasteiger partial charge in [-0.05, 0) is 24.6 Å². The second kappa shape index (κ2) is 6.57. The largest absolute Gasteiger partial charge is 0.497 e. The number of esters is 1. The molecule has 6 nitrogen and oxygen atoms in total. The number of aliphatic hydroxyl groups is 1. The second-order valence-corrected chi connectivity index (χ2v) is 5.59. The lowest BCUT2D eigenvalue weighted by atomic mass is 9.81. The fourth-order valence-electron chi connectivity index (χ4n) is 2.89. The van der Waals surface area contributed by atoms with Crippen LogP contribution >= 0.6 is 0 Å². The molecular formula is C19H18O6. The minimum absolute atomic E-state index is 0.0468. The Bertz CT molecular complexity index is 801. The molecule has 0 aliphatic carbocycles. The number of carbonyl (C=O) groups excluding carboxylic acids is 2. The van der Waals surface area contributed by atoms with Gasteiger partial charge in [0.05, 0.1) is 19.3 Å². The molecule has 2 aromatic carbocycles. The first-order chi connectivity index (χ1) is 12.0. The standard InChI is InChI=1S/C19H18O6/c1-3-24-18(21)19(22)16(12-7-5-4-6-8-12)17(20)14-10-9-13(23-2)11-15(14)25-19/h4-11,16,22H,3H2,1-2H3. The van der Waals surface area contributed by atoms with Gasteiger partial charge in [0.1, 0.15) is 17.4 Å². The molecule has 130 valence electrons. The molecule has 0 spiro atoms. The monoisotopic (exact) mass is 342 g/mol. The number of ketones is 1. The predicted octanol–water partition coefficient (Wildman–Crippen LogP) is 2.31. The lowest BCUT2D eigenvalue weighted by molar-refractivity contribution is -0.205. The SMILES string of the molecule is CCOC(=O)C1(O)Oc2cc(OC)ccc2C(=O)C1c1ccccc1. The van der Waals surface area contributed by atoms with Crippen LogP contribution in [-0.2, 0) is 9.53 Å². The normalized spacial score (nSPS) is 21.9. The van der Waals surface area contributed by atoms with Crippen LogP contribution in [0.3, 0.4) is 0 Å². The fourth-order valence-corrected chi connectivity index (χ4v) is 2.89. The highest BCUT2D eigenvalue weighted by Crippen LogP contribution is 2.43. The fraction of sp³-hybridized carbons (Fsp3) is 0.263. The van der Waals surface area contributed by atoms with E-state index in [0.717, 1.165) is 0 Å². The lowest BCUT2D eigenvalue weighted by Gasteiger charge is -2.37. The van der Waals surface area contributed by atoms with E-state index >= 15 is 0 Å². The van der Waals surface area contributed by atoms with Crippen molar-refractivity contribution >= 4 is 11.8 Å². The molecule has 0 bridgehead atoms. The zero-order valence-electron chi connectivity index (χ0n) is 13.9. The third-order valence-corrected chi connectivity index (χ3v) is 4.07. The van der Waals surface area contributed by atoms with E-state index in [1.165, 1.54) is 13.2 Å². The van der Waals surface area contributed by atoms with E-state index in [0.29, 0.717) is 11.3 Å². The number of ether oxygens (including phenoxy) is 3. The van der Waals surface area contributed by atoms with Gasteiger partial charge in [-0.3, -0.25) is 4.79 Å². The molecule has 2 atom stereocenters. The van der Waals surface area contributed by atoms with Gasteiger partial charge in [-0.15, -0.1) is 0 Å². The summed E-state index contributed by atoms with van der Waals surface area (Å²) in [4.78, 5) is 25.5. The van der Waals surface area contributed by atoms with Gasteiger partial charge in [-0.25, -0.2) is 4.79 Å². The van der Waals surface area contributed by atoms with Gasteiger partial charge in [0.2, 0.25) is 0 Å². The van der Waals surface area contributed by atoms with Crippen molar-refractivity contribution in [2.75, 3.05) is 13.7 Å². The van der Waals surface area contributed by atoms with Gasteiger partial charge < -0.3 is 19.3 Å². The van der Waals surface area contributed by atoms with E-state index in [1.54, 1.807) is 49.4 Å². The van der Waals surface area contributed by atoms with Crippen LogP contribution < -0.4 is 9.47 Å². The van der Waals surface area contributed by atoms with E-state index in [1.807, 2.05) is 0 Å². The number of benzene rings is 2. The van der Waals surface area contributed by atoms with Crippen LogP contribution in [0, 0.1) is 0 Å². The van der Waals surface area contributed by atoms with Crippen molar-refractivity contribution in [3.05, 3.63) is 59.7 Å². The number of fused-ring (bicyclic) bond motifs is 1. The third kappa shape index (κ3) is 2.85. The maximum absolute atomic E-state index is 13.1. The summed E-state index contributed by atoms with van der Waals surface area (Å²) in [6.07, 6.45) is 0. The van der Waals surface area contributed by atoms with E-state index in [2.05, 4.69) is 0 Å². The number of hydrogen-bond donors (Lipinski definition) is 1. The molecule has 2 aromatic rings. The molecule has 25 heavy (non-hydrogen) atoms. The molecule has 1 aliphatic heterocycles. The Labute approximate surface area is 144 Å². The van der Waals surface area contributed by atoms with E-state index in [-0.39, 0.29) is 17.9 Å². The van der Waals surface area contributed by atoms with Crippen LogP contribution in [0.2, 0.25) is 0 Å². The summed E-state index contributed by atoms with van der Waals surface area (Å²) in [6, 6.07) is 13.2. The molecule has 2 unspecified atom stereocenters. The molecule has 0 aromatic heterocycles. The van der Waals surface area contributed by atoms with Crippen molar-refractivity contribution in [3.63, 3.8) is 0 Å². The average Bonchev–Trinajstić information content (AvgIpc) is 2.62. The summed E-state index contributed by atoms with van der Waals surface area (Å²) >= 11 is 0. The van der Waals surface area contributed by atoms with E-state index in [9.17, 15) is 14.7 Å². The van der Waals surface area contributed by atoms with Crippen LogP contribution in [0.4, 0.5) is 0 Å². The Morgan fingerprint density at radius 3 is 2.60 bits per heavy atom. The van der Waals surface area contributed by atoms with Crippen molar-refractivity contribution in [1.29, 1.82) is 0 Å². The zero-order valence-corrected chi connectivity index (χ0v) is 13.9. The first-order valence-electron chi connectivity index (χ1n) is 7.87. The molecular weight excluding hydrogens is 324 g/mol. The summed E-state index contributed by atoms with van der Waals surface area (Å²) in [5.41, 5.74) is 0.730.